The predicted octanol–water partition coefficient (Wildman–Crippen LogP) is 2.67. The lowest BCUT2D eigenvalue weighted by Crippen LogP contribution is -2.28. The normalized spacial score (nSPS) is 10.7. The SMILES string of the molecule is CCO[Si](C)(C)CC.Cl. The molecule has 0 spiro atoms. The lowest BCUT2D eigenvalue weighted by molar-refractivity contribution is 0.330. The van der Waals surface area contributed by atoms with Crippen LogP contribution in [0.3, 0.4) is 0 Å². The van der Waals surface area contributed by atoms with Gasteiger partial charge in [0.25, 0.3) is 0 Å². The van der Waals surface area contributed by atoms with Gasteiger partial charge in [0.15, 0.2) is 8.32 Å². The highest BCUT2D eigenvalue weighted by molar-refractivity contribution is 6.71. The molecule has 0 saturated carbocycles. The molecule has 0 rings (SSSR count). The van der Waals surface area contributed by atoms with Crippen LogP contribution in [0.4, 0.5) is 0 Å². The smallest absolute Gasteiger partial charge is 0.186 e. The summed E-state index contributed by atoms with van der Waals surface area (Å²) in [4.78, 5) is 0. The lowest BCUT2D eigenvalue weighted by atomic mass is 10.9. The Hall–Kier alpha value is 0.467. The minimum absolute atomic E-state index is 0. The maximum absolute atomic E-state index is 5.52. The van der Waals surface area contributed by atoms with Gasteiger partial charge in [-0.15, -0.1) is 12.4 Å². The fraction of sp³-hybridized carbons (Fsp3) is 1.00. The number of halogens is 1. The Bertz CT molecular complexity index is 66.1. The molecule has 0 atom stereocenters. The van der Waals surface area contributed by atoms with Crippen LogP contribution in [0.15, 0.2) is 0 Å². The lowest BCUT2D eigenvalue weighted by Gasteiger charge is -2.18. The molecule has 58 valence electrons. The summed E-state index contributed by atoms with van der Waals surface area (Å²) < 4.78 is 5.52. The highest BCUT2D eigenvalue weighted by Crippen LogP contribution is 2.08. The molecular weight excluding hydrogens is 152 g/mol. The van der Waals surface area contributed by atoms with Crippen molar-refractivity contribution in [2.75, 3.05) is 6.61 Å². The van der Waals surface area contributed by atoms with Gasteiger partial charge in [-0.05, 0) is 26.1 Å². The van der Waals surface area contributed by atoms with E-state index >= 15 is 0 Å². The van der Waals surface area contributed by atoms with Crippen molar-refractivity contribution >= 4 is 20.7 Å². The van der Waals surface area contributed by atoms with Gasteiger partial charge in [0.2, 0.25) is 0 Å². The Balaban J connectivity index is 0. The van der Waals surface area contributed by atoms with Gasteiger partial charge >= 0.3 is 0 Å². The summed E-state index contributed by atoms with van der Waals surface area (Å²) in [5.41, 5.74) is 0. The first-order valence-corrected chi connectivity index (χ1v) is 6.38. The number of hydrogen-bond acceptors (Lipinski definition) is 1. The Morgan fingerprint density at radius 3 is 1.78 bits per heavy atom. The summed E-state index contributed by atoms with van der Waals surface area (Å²) in [6.45, 7) is 9.63. The molecule has 0 saturated heterocycles. The van der Waals surface area contributed by atoms with Crippen LogP contribution < -0.4 is 0 Å². The predicted molar refractivity (Wildman–Crippen MR) is 46.8 cm³/mol. The van der Waals surface area contributed by atoms with E-state index in [1.54, 1.807) is 0 Å². The van der Waals surface area contributed by atoms with E-state index in [1.807, 2.05) is 0 Å². The van der Waals surface area contributed by atoms with Crippen LogP contribution in [0.1, 0.15) is 13.8 Å². The van der Waals surface area contributed by atoms with Gasteiger partial charge in [-0.2, -0.15) is 0 Å². The summed E-state index contributed by atoms with van der Waals surface area (Å²) >= 11 is 0. The van der Waals surface area contributed by atoms with Crippen molar-refractivity contribution in [3.05, 3.63) is 0 Å². The number of rotatable bonds is 3. The van der Waals surface area contributed by atoms with Gasteiger partial charge in [0.05, 0.1) is 0 Å². The Morgan fingerprint density at radius 2 is 1.67 bits per heavy atom. The van der Waals surface area contributed by atoms with Crippen molar-refractivity contribution in [3.8, 4) is 0 Å². The molecule has 3 heteroatoms. The first-order valence-electron chi connectivity index (χ1n) is 3.26. The second-order valence-corrected chi connectivity index (χ2v) is 7.06. The topological polar surface area (TPSA) is 9.23 Å². The molecule has 0 N–H and O–H groups in total. The second kappa shape index (κ2) is 5.27. The summed E-state index contributed by atoms with van der Waals surface area (Å²) in [6, 6.07) is 1.22. The molecule has 0 fully saturated rings. The first kappa shape index (κ1) is 12.2. The average molecular weight is 169 g/mol. The summed E-state index contributed by atoms with van der Waals surface area (Å²) in [7, 11) is -1.18. The summed E-state index contributed by atoms with van der Waals surface area (Å²) in [6.07, 6.45) is 0. The highest BCUT2D eigenvalue weighted by Gasteiger charge is 2.17. The molecule has 0 bridgehead atoms. The fourth-order valence-electron chi connectivity index (χ4n) is 0.493. The molecule has 0 radical (unpaired) electrons. The Labute approximate surface area is 65.3 Å². The van der Waals surface area contributed by atoms with Crippen molar-refractivity contribution in [3.63, 3.8) is 0 Å². The molecule has 0 aromatic carbocycles. The van der Waals surface area contributed by atoms with Gasteiger partial charge in [0, 0.05) is 6.61 Å². The maximum atomic E-state index is 5.52. The minimum Gasteiger partial charge on any atom is -0.418 e. The molecule has 0 unspecified atom stereocenters. The van der Waals surface area contributed by atoms with Crippen LogP contribution in [0.25, 0.3) is 0 Å². The van der Waals surface area contributed by atoms with E-state index in [0.717, 1.165) is 6.61 Å². The van der Waals surface area contributed by atoms with E-state index in [0.29, 0.717) is 0 Å². The molecule has 0 aromatic rings. The third-order valence-corrected chi connectivity index (χ3v) is 4.16. The summed E-state index contributed by atoms with van der Waals surface area (Å²) in [5.74, 6) is 0. The van der Waals surface area contributed by atoms with Crippen molar-refractivity contribution in [1.82, 2.24) is 0 Å². The first-order chi connectivity index (χ1) is 3.62. The molecule has 0 aromatic heterocycles. The molecule has 0 amide bonds. The van der Waals surface area contributed by atoms with Crippen molar-refractivity contribution in [1.29, 1.82) is 0 Å². The zero-order chi connectivity index (χ0) is 6.62. The van der Waals surface area contributed by atoms with Gasteiger partial charge < -0.3 is 4.43 Å². The molecule has 9 heavy (non-hydrogen) atoms. The van der Waals surface area contributed by atoms with Crippen LogP contribution in [-0.2, 0) is 4.43 Å². The van der Waals surface area contributed by atoms with E-state index < -0.39 is 8.32 Å². The molecule has 1 nitrogen and oxygen atoms in total. The summed E-state index contributed by atoms with van der Waals surface area (Å²) in [5, 5.41) is 0. The van der Waals surface area contributed by atoms with Crippen molar-refractivity contribution < 1.29 is 4.43 Å². The number of hydrogen-bond donors (Lipinski definition) is 0. The van der Waals surface area contributed by atoms with Gasteiger partial charge in [-0.3, -0.25) is 0 Å². The van der Waals surface area contributed by atoms with E-state index in [4.69, 9.17) is 4.43 Å². The quantitative estimate of drug-likeness (QED) is 0.589. The third kappa shape index (κ3) is 6.35. The van der Waals surface area contributed by atoms with E-state index in [-0.39, 0.29) is 12.4 Å². The minimum atomic E-state index is -1.18. The van der Waals surface area contributed by atoms with Gasteiger partial charge in [0.1, 0.15) is 0 Å². The third-order valence-electron chi connectivity index (χ3n) is 1.39. The van der Waals surface area contributed by atoms with E-state index in [1.165, 1.54) is 6.04 Å². The van der Waals surface area contributed by atoms with Crippen LogP contribution in [-0.4, -0.2) is 14.9 Å². The van der Waals surface area contributed by atoms with E-state index in [2.05, 4.69) is 26.9 Å². The standard InChI is InChI=1S/C6H16OSi.ClH/c1-5-7-8(3,4)6-2;/h5-6H2,1-4H3;1H. The van der Waals surface area contributed by atoms with E-state index in [9.17, 15) is 0 Å². The van der Waals surface area contributed by atoms with Gasteiger partial charge in [-0.1, -0.05) is 6.92 Å². The van der Waals surface area contributed by atoms with Crippen LogP contribution in [0.2, 0.25) is 19.1 Å². The Morgan fingerprint density at radius 1 is 1.22 bits per heavy atom. The monoisotopic (exact) mass is 168 g/mol. The largest absolute Gasteiger partial charge is 0.418 e. The van der Waals surface area contributed by atoms with Crippen molar-refractivity contribution in [2.45, 2.75) is 33.0 Å². The Kier molecular flexibility index (Phi) is 7.12. The zero-order valence-corrected chi connectivity index (χ0v) is 8.55. The maximum Gasteiger partial charge on any atom is 0.186 e. The molecule has 0 aliphatic carbocycles. The molecule has 0 aliphatic rings. The molecule has 0 aliphatic heterocycles. The zero-order valence-electron chi connectivity index (χ0n) is 6.73. The average Bonchev–Trinajstić information content (AvgIpc) is 1.67. The fourth-order valence-corrected chi connectivity index (χ4v) is 1.48. The molecular formula is C6H17ClOSi. The van der Waals surface area contributed by atoms with Crippen LogP contribution >= 0.6 is 12.4 Å². The van der Waals surface area contributed by atoms with Gasteiger partial charge in [-0.25, -0.2) is 0 Å². The molecule has 0 heterocycles. The van der Waals surface area contributed by atoms with Crippen molar-refractivity contribution in [2.24, 2.45) is 0 Å². The highest BCUT2D eigenvalue weighted by atomic mass is 35.5. The van der Waals surface area contributed by atoms with Crippen LogP contribution in [0, 0.1) is 0 Å². The van der Waals surface area contributed by atoms with Crippen LogP contribution in [0.5, 0.6) is 0 Å². The second-order valence-electron chi connectivity index (χ2n) is 2.55.